The number of nitrogens with zero attached hydrogens (tertiary/aromatic N) is 1. The van der Waals surface area contributed by atoms with Crippen molar-refractivity contribution in [2.24, 2.45) is 5.92 Å². The summed E-state index contributed by atoms with van der Waals surface area (Å²) in [5.41, 5.74) is 0. The molecule has 4 unspecified atom stereocenters. The molecule has 0 aromatic rings. The Balaban J connectivity index is 1.83. The van der Waals surface area contributed by atoms with Crippen LogP contribution in [-0.2, 0) is 4.79 Å². The number of piperidine rings is 2. The first-order valence-corrected chi connectivity index (χ1v) is 5.77. The van der Waals surface area contributed by atoms with Crippen LogP contribution in [0.3, 0.4) is 0 Å². The fraction of sp³-hybridized carbons (Fsp3) is 0.909. The molecule has 0 saturated carbocycles. The largest absolute Gasteiger partial charge is 0.353 e. The molecule has 0 spiro atoms. The van der Waals surface area contributed by atoms with Crippen LogP contribution >= 0.6 is 0 Å². The molecule has 2 bridgehead atoms. The van der Waals surface area contributed by atoms with Gasteiger partial charge in [0, 0.05) is 24.5 Å². The van der Waals surface area contributed by atoms with E-state index in [1.165, 1.54) is 19.3 Å². The highest BCUT2D eigenvalue weighted by Crippen LogP contribution is 2.41. The van der Waals surface area contributed by atoms with Crippen molar-refractivity contribution in [2.45, 2.75) is 50.2 Å². The van der Waals surface area contributed by atoms with Crippen LogP contribution in [0.15, 0.2) is 0 Å². The third-order valence-corrected chi connectivity index (χ3v) is 4.48. The maximum atomic E-state index is 11.3. The number of rotatable bonds is 0. The lowest BCUT2D eigenvalue weighted by atomic mass is 9.80. The second-order valence-corrected chi connectivity index (χ2v) is 5.08. The predicted molar refractivity (Wildman–Crippen MR) is 53.8 cm³/mol. The van der Waals surface area contributed by atoms with E-state index in [4.69, 9.17) is 0 Å². The van der Waals surface area contributed by atoms with Crippen molar-refractivity contribution in [1.29, 1.82) is 0 Å². The minimum atomic E-state index is 0.273. The molecule has 4 atom stereocenters. The van der Waals surface area contributed by atoms with E-state index in [1.807, 2.05) is 0 Å². The first kappa shape index (κ1) is 8.72. The summed E-state index contributed by atoms with van der Waals surface area (Å²) in [5.74, 6) is 1.01. The van der Waals surface area contributed by atoms with Gasteiger partial charge in [0.2, 0.25) is 5.91 Å². The monoisotopic (exact) mass is 194 g/mol. The van der Waals surface area contributed by atoms with Crippen molar-refractivity contribution in [2.75, 3.05) is 7.05 Å². The predicted octanol–water partition coefficient (Wildman–Crippen LogP) is 0.748. The van der Waals surface area contributed by atoms with Crippen molar-refractivity contribution in [3.8, 4) is 0 Å². The van der Waals surface area contributed by atoms with Gasteiger partial charge in [-0.15, -0.1) is 0 Å². The van der Waals surface area contributed by atoms with Gasteiger partial charge in [-0.25, -0.2) is 0 Å². The van der Waals surface area contributed by atoms with E-state index in [0.29, 0.717) is 6.04 Å². The highest BCUT2D eigenvalue weighted by molar-refractivity contribution is 5.77. The van der Waals surface area contributed by atoms with Crippen LogP contribution in [0.5, 0.6) is 0 Å². The maximum Gasteiger partial charge on any atom is 0.220 e. The smallest absolute Gasteiger partial charge is 0.220 e. The van der Waals surface area contributed by atoms with E-state index >= 15 is 0 Å². The topological polar surface area (TPSA) is 32.3 Å². The van der Waals surface area contributed by atoms with E-state index in [2.05, 4.69) is 17.3 Å². The summed E-state index contributed by atoms with van der Waals surface area (Å²) in [6.07, 6.45) is 5.72. The van der Waals surface area contributed by atoms with E-state index in [0.717, 1.165) is 30.8 Å². The molecular weight excluding hydrogens is 176 g/mol. The zero-order valence-electron chi connectivity index (χ0n) is 8.70. The number of hydrogen-bond acceptors (Lipinski definition) is 2. The van der Waals surface area contributed by atoms with Crippen LogP contribution in [0.2, 0.25) is 0 Å². The first-order valence-electron chi connectivity index (χ1n) is 5.77. The van der Waals surface area contributed by atoms with Gasteiger partial charge in [0.1, 0.15) is 0 Å². The van der Waals surface area contributed by atoms with Crippen molar-refractivity contribution >= 4 is 5.91 Å². The molecule has 14 heavy (non-hydrogen) atoms. The van der Waals surface area contributed by atoms with E-state index in [-0.39, 0.29) is 5.91 Å². The first-order chi connectivity index (χ1) is 6.75. The molecule has 0 radical (unpaired) electrons. The molecule has 3 aliphatic heterocycles. The summed E-state index contributed by atoms with van der Waals surface area (Å²) in [4.78, 5) is 13.9. The van der Waals surface area contributed by atoms with Gasteiger partial charge in [0.05, 0.1) is 0 Å². The Kier molecular flexibility index (Phi) is 1.84. The Labute approximate surface area is 84.8 Å². The van der Waals surface area contributed by atoms with Gasteiger partial charge in [-0.3, -0.25) is 4.79 Å². The summed E-state index contributed by atoms with van der Waals surface area (Å²) in [7, 11) is 2.26. The molecule has 3 rings (SSSR count). The number of hydrogen-bond donors (Lipinski definition) is 1. The fourth-order valence-electron chi connectivity index (χ4n) is 3.71. The molecule has 0 aromatic carbocycles. The second kappa shape index (κ2) is 2.96. The van der Waals surface area contributed by atoms with Crippen molar-refractivity contribution in [1.82, 2.24) is 10.2 Å². The zero-order chi connectivity index (χ0) is 9.71. The van der Waals surface area contributed by atoms with E-state index in [9.17, 15) is 4.79 Å². The van der Waals surface area contributed by atoms with Gasteiger partial charge in [0.25, 0.3) is 0 Å². The van der Waals surface area contributed by atoms with E-state index < -0.39 is 0 Å². The summed E-state index contributed by atoms with van der Waals surface area (Å²) in [6, 6.07) is 1.98. The minimum Gasteiger partial charge on any atom is -0.353 e. The summed E-state index contributed by atoms with van der Waals surface area (Å²) >= 11 is 0. The normalized spacial score (nSPS) is 47.4. The SMILES string of the molecule is CN1C2CCC1C1CCC(=O)NC1C2. The lowest BCUT2D eigenvalue weighted by Crippen LogP contribution is -2.57. The molecule has 1 amide bonds. The van der Waals surface area contributed by atoms with Crippen LogP contribution in [0.25, 0.3) is 0 Å². The van der Waals surface area contributed by atoms with Crippen LogP contribution in [0.4, 0.5) is 0 Å². The van der Waals surface area contributed by atoms with Crippen LogP contribution in [-0.4, -0.2) is 36.0 Å². The Morgan fingerprint density at radius 3 is 3.07 bits per heavy atom. The van der Waals surface area contributed by atoms with Gasteiger partial charge in [0.15, 0.2) is 0 Å². The second-order valence-electron chi connectivity index (χ2n) is 5.08. The van der Waals surface area contributed by atoms with Gasteiger partial charge >= 0.3 is 0 Å². The lowest BCUT2D eigenvalue weighted by molar-refractivity contribution is -0.126. The molecule has 1 N–H and O–H groups in total. The molecular formula is C11H18N2O. The molecule has 78 valence electrons. The number of carbonyl (C=O) groups excluding carboxylic acids is 1. The van der Waals surface area contributed by atoms with Crippen molar-refractivity contribution in [3.05, 3.63) is 0 Å². The molecule has 0 aromatic heterocycles. The summed E-state index contributed by atoms with van der Waals surface area (Å²) in [5, 5.41) is 3.17. The number of nitrogens with one attached hydrogen (secondary N) is 1. The number of amides is 1. The molecule has 3 fully saturated rings. The highest BCUT2D eigenvalue weighted by atomic mass is 16.1. The van der Waals surface area contributed by atoms with Crippen LogP contribution < -0.4 is 5.32 Å². The summed E-state index contributed by atoms with van der Waals surface area (Å²) < 4.78 is 0. The van der Waals surface area contributed by atoms with Gasteiger partial charge in [-0.2, -0.15) is 0 Å². The molecule has 3 heteroatoms. The average molecular weight is 194 g/mol. The minimum absolute atomic E-state index is 0.273. The van der Waals surface area contributed by atoms with Gasteiger partial charge in [-0.1, -0.05) is 0 Å². The van der Waals surface area contributed by atoms with E-state index in [1.54, 1.807) is 0 Å². The van der Waals surface area contributed by atoms with Crippen molar-refractivity contribution in [3.63, 3.8) is 0 Å². The molecule has 0 aliphatic carbocycles. The molecule has 3 heterocycles. The highest BCUT2D eigenvalue weighted by Gasteiger charge is 2.47. The van der Waals surface area contributed by atoms with Crippen LogP contribution in [0.1, 0.15) is 32.1 Å². The third-order valence-electron chi connectivity index (χ3n) is 4.48. The Bertz CT molecular complexity index is 266. The zero-order valence-corrected chi connectivity index (χ0v) is 8.70. The Morgan fingerprint density at radius 2 is 2.21 bits per heavy atom. The van der Waals surface area contributed by atoms with Gasteiger partial charge in [-0.05, 0) is 38.6 Å². The number of fused-ring (bicyclic) bond motifs is 4. The van der Waals surface area contributed by atoms with Gasteiger partial charge < -0.3 is 10.2 Å². The van der Waals surface area contributed by atoms with Crippen LogP contribution in [0, 0.1) is 5.92 Å². The average Bonchev–Trinajstić information content (AvgIpc) is 2.44. The standard InChI is InChI=1S/C11H18N2O/c1-13-7-2-4-10(13)8-3-5-11(14)12-9(8)6-7/h7-10H,2-6H2,1H3,(H,12,14). The Morgan fingerprint density at radius 1 is 1.36 bits per heavy atom. The molecule has 3 nitrogen and oxygen atoms in total. The summed E-state index contributed by atoms with van der Waals surface area (Å²) in [6.45, 7) is 0. The Hall–Kier alpha value is -0.570. The molecule has 3 aliphatic rings. The lowest BCUT2D eigenvalue weighted by Gasteiger charge is -2.45. The number of carbonyl (C=O) groups is 1. The van der Waals surface area contributed by atoms with Crippen molar-refractivity contribution < 1.29 is 4.79 Å². The molecule has 3 saturated heterocycles. The third kappa shape index (κ3) is 1.11. The quantitative estimate of drug-likeness (QED) is 0.617. The maximum absolute atomic E-state index is 11.3. The fourth-order valence-corrected chi connectivity index (χ4v) is 3.71.